The number of carbonyl (C=O) groups excluding carboxylic acids is 1. The van der Waals surface area contributed by atoms with Crippen molar-refractivity contribution in [1.29, 1.82) is 0 Å². The highest BCUT2D eigenvalue weighted by molar-refractivity contribution is 5.85. The predicted molar refractivity (Wildman–Crippen MR) is 130 cm³/mol. The summed E-state index contributed by atoms with van der Waals surface area (Å²) in [5, 5.41) is 11.4. The minimum Gasteiger partial charge on any atom is -0.354 e. The van der Waals surface area contributed by atoms with Crippen LogP contribution in [-0.4, -0.2) is 28.3 Å². The van der Waals surface area contributed by atoms with E-state index in [0.29, 0.717) is 12.3 Å². The molecule has 4 rings (SSSR count). The Morgan fingerprint density at radius 1 is 1.22 bits per heavy atom. The smallest absolute Gasteiger partial charge is 0.237 e. The summed E-state index contributed by atoms with van der Waals surface area (Å²) in [7, 11) is 0. The topological polar surface area (TPSA) is 59.0 Å². The Morgan fingerprint density at radius 2 is 1.94 bits per heavy atom. The highest BCUT2D eigenvalue weighted by Crippen LogP contribution is 2.40. The van der Waals surface area contributed by atoms with Gasteiger partial charge < -0.3 is 5.32 Å². The Balaban J connectivity index is 0.00000181. The maximum Gasteiger partial charge on any atom is 0.237 e. The number of aromatic nitrogens is 2. The van der Waals surface area contributed by atoms with Crippen LogP contribution < -0.4 is 10.6 Å². The molecule has 8 heteroatoms. The van der Waals surface area contributed by atoms with E-state index in [2.05, 4.69) is 31.4 Å². The van der Waals surface area contributed by atoms with Gasteiger partial charge in [0.1, 0.15) is 5.82 Å². The van der Waals surface area contributed by atoms with Crippen molar-refractivity contribution in [2.45, 2.75) is 76.4 Å². The number of nitrogens with zero attached hydrogens (tertiary/aromatic N) is 2. The summed E-state index contributed by atoms with van der Waals surface area (Å²) in [4.78, 5) is 12.9. The van der Waals surface area contributed by atoms with E-state index in [1.54, 1.807) is 12.1 Å². The van der Waals surface area contributed by atoms with E-state index in [0.717, 1.165) is 17.8 Å². The van der Waals surface area contributed by atoms with Crippen molar-refractivity contribution in [2.24, 2.45) is 5.92 Å². The van der Waals surface area contributed by atoms with Gasteiger partial charge in [0.05, 0.1) is 17.3 Å². The first-order valence-corrected chi connectivity index (χ1v) is 11.2. The largest absolute Gasteiger partial charge is 0.354 e. The molecule has 0 unspecified atom stereocenters. The molecular formula is C24H35Cl2FN4O. The number of amides is 1. The third-order valence-corrected chi connectivity index (χ3v) is 6.51. The average molecular weight is 485 g/mol. The molecule has 32 heavy (non-hydrogen) atoms. The van der Waals surface area contributed by atoms with Crippen molar-refractivity contribution in [1.82, 2.24) is 20.4 Å². The molecule has 1 amide bonds. The minimum absolute atomic E-state index is 0. The number of hydrogen-bond donors (Lipinski definition) is 2. The summed E-state index contributed by atoms with van der Waals surface area (Å²) < 4.78 is 15.9. The summed E-state index contributed by atoms with van der Waals surface area (Å²) in [5.41, 5.74) is 1.69. The van der Waals surface area contributed by atoms with Gasteiger partial charge in [-0.2, -0.15) is 5.10 Å². The fourth-order valence-corrected chi connectivity index (χ4v) is 4.79. The summed E-state index contributed by atoms with van der Waals surface area (Å²) in [6, 6.07) is 8.24. The van der Waals surface area contributed by atoms with E-state index in [-0.39, 0.29) is 60.1 Å². The van der Waals surface area contributed by atoms with Crippen LogP contribution in [0.1, 0.15) is 76.1 Å². The number of halogens is 3. The van der Waals surface area contributed by atoms with Crippen molar-refractivity contribution in [3.63, 3.8) is 0 Å². The molecule has 1 aliphatic carbocycles. The molecule has 0 radical (unpaired) electrons. The summed E-state index contributed by atoms with van der Waals surface area (Å²) in [6.07, 6.45) is 7.59. The van der Waals surface area contributed by atoms with Crippen LogP contribution in [0.15, 0.2) is 36.5 Å². The molecule has 178 valence electrons. The maximum atomic E-state index is 13.9. The van der Waals surface area contributed by atoms with Crippen molar-refractivity contribution in [3.05, 3.63) is 53.6 Å². The first-order chi connectivity index (χ1) is 14.3. The third-order valence-electron chi connectivity index (χ3n) is 6.51. The SMILES string of the molecule is CC(C)(C)n1ccc([C@H]2C[C@@H](C(=O)NCC3CCCC3)N[C@H]2c2cccc(F)c2)n1.Cl.Cl. The maximum absolute atomic E-state index is 13.9. The van der Waals surface area contributed by atoms with Crippen molar-refractivity contribution >= 4 is 30.7 Å². The molecule has 0 spiro atoms. The molecule has 1 aliphatic heterocycles. The lowest BCUT2D eigenvalue weighted by Crippen LogP contribution is -2.42. The third kappa shape index (κ3) is 6.03. The van der Waals surface area contributed by atoms with Gasteiger partial charge >= 0.3 is 0 Å². The average Bonchev–Trinajstić information content (AvgIpc) is 3.45. The van der Waals surface area contributed by atoms with Crippen molar-refractivity contribution in [3.8, 4) is 0 Å². The second-order valence-electron chi connectivity index (χ2n) is 9.85. The van der Waals surface area contributed by atoms with Gasteiger partial charge in [0.2, 0.25) is 5.91 Å². The zero-order valence-corrected chi connectivity index (χ0v) is 20.6. The fourth-order valence-electron chi connectivity index (χ4n) is 4.79. The Labute approximate surface area is 202 Å². The van der Waals surface area contributed by atoms with Crippen molar-refractivity contribution < 1.29 is 9.18 Å². The van der Waals surface area contributed by atoms with Crippen LogP contribution in [0.4, 0.5) is 4.39 Å². The van der Waals surface area contributed by atoms with Crippen LogP contribution in [0.25, 0.3) is 0 Å². The number of benzene rings is 1. The van der Waals surface area contributed by atoms with E-state index >= 15 is 0 Å². The molecule has 2 N–H and O–H groups in total. The molecule has 3 atom stereocenters. The van der Waals surface area contributed by atoms with Gasteiger partial charge in [0.25, 0.3) is 0 Å². The second kappa shape index (κ2) is 11.0. The van der Waals surface area contributed by atoms with Gasteiger partial charge in [-0.15, -0.1) is 24.8 Å². The van der Waals surface area contributed by atoms with Gasteiger partial charge in [-0.1, -0.05) is 25.0 Å². The van der Waals surface area contributed by atoms with E-state index in [1.165, 1.54) is 31.7 Å². The van der Waals surface area contributed by atoms with Crippen molar-refractivity contribution in [2.75, 3.05) is 6.54 Å². The molecule has 2 aromatic rings. The standard InChI is InChI=1S/C24H33FN4O.2ClH/c1-24(2,3)29-12-11-20(28-29)19-14-21(23(30)26-15-16-7-4-5-8-16)27-22(19)17-9-6-10-18(25)13-17;;/h6,9-13,16,19,21-22,27H,4-5,7-8,14-15H2,1-3H3,(H,26,30);2*1H/t19-,21+,22+;;/m1../s1. The van der Waals surface area contributed by atoms with Crippen LogP contribution in [0.3, 0.4) is 0 Å². The number of nitrogens with one attached hydrogen (secondary N) is 2. The molecule has 2 fully saturated rings. The number of rotatable bonds is 5. The fraction of sp³-hybridized carbons (Fsp3) is 0.583. The zero-order valence-electron chi connectivity index (χ0n) is 19.0. The lowest BCUT2D eigenvalue weighted by Gasteiger charge is -2.21. The molecular weight excluding hydrogens is 450 g/mol. The van der Waals surface area contributed by atoms with Gasteiger partial charge in [-0.25, -0.2) is 4.39 Å². The van der Waals surface area contributed by atoms with E-state index in [9.17, 15) is 9.18 Å². The van der Waals surface area contributed by atoms with E-state index < -0.39 is 0 Å². The zero-order chi connectivity index (χ0) is 21.3. The highest BCUT2D eigenvalue weighted by atomic mass is 35.5. The van der Waals surface area contributed by atoms with E-state index in [4.69, 9.17) is 5.10 Å². The summed E-state index contributed by atoms with van der Waals surface area (Å²) in [6.45, 7) is 7.09. The molecule has 1 aromatic heterocycles. The predicted octanol–water partition coefficient (Wildman–Crippen LogP) is 5.11. The van der Waals surface area contributed by atoms with Gasteiger partial charge in [0, 0.05) is 24.7 Å². The molecule has 2 aliphatic rings. The quantitative estimate of drug-likeness (QED) is 0.619. The lowest BCUT2D eigenvalue weighted by atomic mass is 9.90. The van der Waals surface area contributed by atoms with Crippen LogP contribution >= 0.6 is 24.8 Å². The molecule has 0 bridgehead atoms. The summed E-state index contributed by atoms with van der Waals surface area (Å²) >= 11 is 0. The normalized spacial score (nSPS) is 23.4. The van der Waals surface area contributed by atoms with Gasteiger partial charge in [-0.05, 0) is 69.7 Å². The minimum atomic E-state index is -0.301. The number of carbonyl (C=O) groups is 1. The molecule has 1 saturated carbocycles. The Kier molecular flexibility index (Phi) is 9.15. The van der Waals surface area contributed by atoms with E-state index in [1.807, 2.05) is 23.0 Å². The summed E-state index contributed by atoms with van der Waals surface area (Å²) in [5.74, 6) is 0.397. The van der Waals surface area contributed by atoms with Crippen LogP contribution in [0, 0.1) is 11.7 Å². The Hall–Kier alpha value is -1.63. The highest BCUT2D eigenvalue weighted by Gasteiger charge is 2.40. The lowest BCUT2D eigenvalue weighted by molar-refractivity contribution is -0.123. The Morgan fingerprint density at radius 3 is 2.56 bits per heavy atom. The first-order valence-electron chi connectivity index (χ1n) is 11.2. The van der Waals surface area contributed by atoms with Crippen LogP contribution in [0.5, 0.6) is 0 Å². The first kappa shape index (κ1) is 26.6. The molecule has 1 aromatic carbocycles. The van der Waals surface area contributed by atoms with Crippen LogP contribution in [0.2, 0.25) is 0 Å². The van der Waals surface area contributed by atoms with Gasteiger partial charge in [0.15, 0.2) is 0 Å². The molecule has 5 nitrogen and oxygen atoms in total. The monoisotopic (exact) mass is 484 g/mol. The second-order valence-corrected chi connectivity index (χ2v) is 9.85. The van der Waals surface area contributed by atoms with Crippen LogP contribution in [-0.2, 0) is 10.3 Å². The van der Waals surface area contributed by atoms with Gasteiger partial charge in [-0.3, -0.25) is 14.8 Å². The molecule has 2 heterocycles. The number of hydrogen-bond acceptors (Lipinski definition) is 3. The molecule has 1 saturated heterocycles. The Bertz CT molecular complexity index is 892.